The molecule has 30 heavy (non-hydrogen) atoms. The first-order valence-electron chi connectivity index (χ1n) is 9.34. The fourth-order valence-electron chi connectivity index (χ4n) is 3.65. The second kappa shape index (κ2) is 7.98. The van der Waals surface area contributed by atoms with E-state index in [9.17, 15) is 19.7 Å². The lowest BCUT2D eigenvalue weighted by atomic mass is 9.87. The molecule has 156 valence electrons. The number of hydrogen-bond acceptors (Lipinski definition) is 5. The summed E-state index contributed by atoms with van der Waals surface area (Å²) in [6.45, 7) is 1.72. The number of hydrogen-bond donors (Lipinski definition) is 0. The monoisotopic (exact) mass is 409 g/mol. The number of amides is 2. The molecule has 1 atom stereocenters. The van der Waals surface area contributed by atoms with Crippen molar-refractivity contribution in [3.05, 3.63) is 75.5 Å². The van der Waals surface area contributed by atoms with Crippen LogP contribution in [0.5, 0.6) is 5.75 Å². The number of carbonyl (C=O) groups is 2. The number of methoxy groups -OCH3 is 1. The molecule has 1 aliphatic heterocycles. The number of rotatable bonds is 5. The summed E-state index contributed by atoms with van der Waals surface area (Å²) in [6, 6.07) is 13.8. The normalized spacial score (nSPS) is 20.6. The van der Waals surface area contributed by atoms with Crippen LogP contribution in [-0.2, 0) is 16.0 Å². The first-order chi connectivity index (χ1) is 14.2. The van der Waals surface area contributed by atoms with E-state index >= 15 is 0 Å². The van der Waals surface area contributed by atoms with Gasteiger partial charge in [0, 0.05) is 26.6 Å². The maximum absolute atomic E-state index is 13.3. The number of benzene rings is 2. The Bertz CT molecular complexity index is 1030. The average Bonchev–Trinajstić information content (AvgIpc) is 2.74. The molecule has 2 aromatic carbocycles. The first-order valence-corrected chi connectivity index (χ1v) is 9.34. The summed E-state index contributed by atoms with van der Waals surface area (Å²) >= 11 is 0. The van der Waals surface area contributed by atoms with Crippen LogP contribution in [0, 0.1) is 10.1 Å². The van der Waals surface area contributed by atoms with Crippen molar-refractivity contribution in [1.29, 1.82) is 0 Å². The van der Waals surface area contributed by atoms with Crippen molar-refractivity contribution in [3.63, 3.8) is 0 Å². The summed E-state index contributed by atoms with van der Waals surface area (Å²) in [5.41, 5.74) is -0.198. The predicted octanol–water partition coefficient (Wildman–Crippen LogP) is 2.88. The van der Waals surface area contributed by atoms with Gasteiger partial charge in [0.1, 0.15) is 17.0 Å². The third-order valence-corrected chi connectivity index (χ3v) is 5.52. The Labute approximate surface area is 174 Å². The van der Waals surface area contributed by atoms with Gasteiger partial charge in [-0.05, 0) is 24.6 Å². The van der Waals surface area contributed by atoms with Gasteiger partial charge < -0.3 is 14.5 Å². The Morgan fingerprint density at radius 3 is 2.37 bits per heavy atom. The van der Waals surface area contributed by atoms with Crippen molar-refractivity contribution in [1.82, 2.24) is 9.80 Å². The van der Waals surface area contributed by atoms with E-state index in [1.807, 2.05) is 30.3 Å². The highest BCUT2D eigenvalue weighted by molar-refractivity contribution is 6.09. The summed E-state index contributed by atoms with van der Waals surface area (Å²) in [5.74, 6) is -0.446. The number of nitrogens with zero attached hydrogens (tertiary/aromatic N) is 3. The second-order valence-corrected chi connectivity index (χ2v) is 7.34. The van der Waals surface area contributed by atoms with Crippen LogP contribution < -0.4 is 4.74 Å². The molecule has 0 N–H and O–H groups in total. The van der Waals surface area contributed by atoms with Gasteiger partial charge in [-0.3, -0.25) is 19.7 Å². The third-order valence-electron chi connectivity index (χ3n) is 5.52. The average molecular weight is 409 g/mol. The van der Waals surface area contributed by atoms with Gasteiger partial charge in [0.2, 0.25) is 0 Å². The van der Waals surface area contributed by atoms with Crippen LogP contribution in [-0.4, -0.2) is 53.3 Å². The van der Waals surface area contributed by atoms with E-state index in [4.69, 9.17) is 4.74 Å². The van der Waals surface area contributed by atoms with Gasteiger partial charge in [0.25, 0.3) is 17.5 Å². The molecule has 2 amide bonds. The van der Waals surface area contributed by atoms with E-state index in [0.29, 0.717) is 6.42 Å². The van der Waals surface area contributed by atoms with Crippen LogP contribution in [0.3, 0.4) is 0 Å². The maximum atomic E-state index is 13.3. The minimum Gasteiger partial charge on any atom is -0.496 e. The van der Waals surface area contributed by atoms with Gasteiger partial charge in [0.15, 0.2) is 0 Å². The molecule has 8 heteroatoms. The minimum atomic E-state index is -1.09. The third kappa shape index (κ3) is 3.52. The Morgan fingerprint density at radius 2 is 1.77 bits per heavy atom. The van der Waals surface area contributed by atoms with E-state index < -0.39 is 16.4 Å². The van der Waals surface area contributed by atoms with Gasteiger partial charge in [0.05, 0.1) is 17.6 Å². The molecule has 1 fully saturated rings. The molecule has 0 aliphatic carbocycles. The highest BCUT2D eigenvalue weighted by Gasteiger charge is 2.48. The number of nitro benzene ring substituents is 1. The SMILES string of the molecule is COc1cccc([N+](=O)[O-])c1/C=C1\C(=O)N(C)C(C)(Cc2ccccc2)C(=O)N1C. The van der Waals surface area contributed by atoms with Gasteiger partial charge in [-0.15, -0.1) is 0 Å². The highest BCUT2D eigenvalue weighted by Crippen LogP contribution is 2.35. The zero-order valence-corrected chi connectivity index (χ0v) is 17.3. The van der Waals surface area contributed by atoms with Crippen molar-refractivity contribution >= 4 is 23.6 Å². The standard InChI is InChI=1S/C22H23N3O5/c1-22(14-15-9-6-5-7-10-15)21(27)23(2)18(20(26)24(22)3)13-16-17(25(28)29)11-8-12-19(16)30-4/h5-13H,14H2,1-4H3/b18-13+. The summed E-state index contributed by atoms with van der Waals surface area (Å²) in [6.07, 6.45) is 1.69. The molecular formula is C22H23N3O5. The Hall–Kier alpha value is -3.68. The van der Waals surface area contributed by atoms with E-state index in [-0.39, 0.29) is 28.6 Å². The number of piperazine rings is 1. The van der Waals surface area contributed by atoms with E-state index in [0.717, 1.165) is 5.56 Å². The van der Waals surface area contributed by atoms with E-state index in [1.165, 1.54) is 42.2 Å². The van der Waals surface area contributed by atoms with E-state index in [2.05, 4.69) is 0 Å². The van der Waals surface area contributed by atoms with Crippen molar-refractivity contribution < 1.29 is 19.2 Å². The number of likely N-dealkylation sites (N-methyl/N-ethyl adjacent to an activating group) is 2. The molecule has 0 saturated carbocycles. The molecule has 0 spiro atoms. The lowest BCUT2D eigenvalue weighted by Gasteiger charge is -2.45. The van der Waals surface area contributed by atoms with Crippen LogP contribution in [0.2, 0.25) is 0 Å². The molecule has 0 radical (unpaired) electrons. The smallest absolute Gasteiger partial charge is 0.280 e. The molecular weight excluding hydrogens is 386 g/mol. The topological polar surface area (TPSA) is 93.0 Å². The maximum Gasteiger partial charge on any atom is 0.280 e. The zero-order chi connectivity index (χ0) is 22.1. The summed E-state index contributed by atoms with van der Waals surface area (Å²) < 4.78 is 5.24. The van der Waals surface area contributed by atoms with Crippen molar-refractivity contribution in [2.45, 2.75) is 18.9 Å². The summed E-state index contributed by atoms with van der Waals surface area (Å²) in [7, 11) is 4.46. The van der Waals surface area contributed by atoms with Crippen molar-refractivity contribution in [2.24, 2.45) is 0 Å². The van der Waals surface area contributed by atoms with Gasteiger partial charge in [-0.1, -0.05) is 36.4 Å². The van der Waals surface area contributed by atoms with Gasteiger partial charge in [-0.2, -0.15) is 0 Å². The van der Waals surface area contributed by atoms with Crippen LogP contribution >= 0.6 is 0 Å². The number of carbonyl (C=O) groups excluding carboxylic acids is 2. The second-order valence-electron chi connectivity index (χ2n) is 7.34. The largest absolute Gasteiger partial charge is 0.496 e. The quantitative estimate of drug-likeness (QED) is 0.430. The number of ether oxygens (including phenoxy) is 1. The highest BCUT2D eigenvalue weighted by atomic mass is 16.6. The molecule has 2 aromatic rings. The molecule has 3 rings (SSSR count). The summed E-state index contributed by atoms with van der Waals surface area (Å²) in [5, 5.41) is 11.5. The van der Waals surface area contributed by atoms with E-state index in [1.54, 1.807) is 20.0 Å². The Balaban J connectivity index is 2.06. The Kier molecular flexibility index (Phi) is 5.60. The first kappa shape index (κ1) is 21.0. The Morgan fingerprint density at radius 1 is 1.10 bits per heavy atom. The van der Waals surface area contributed by atoms with Gasteiger partial charge >= 0.3 is 0 Å². The molecule has 1 aliphatic rings. The van der Waals surface area contributed by atoms with Crippen LogP contribution in [0.4, 0.5) is 5.69 Å². The van der Waals surface area contributed by atoms with Gasteiger partial charge in [-0.25, -0.2) is 0 Å². The molecule has 1 saturated heterocycles. The van der Waals surface area contributed by atoms with Crippen LogP contribution in [0.15, 0.2) is 54.2 Å². The molecule has 1 heterocycles. The van der Waals surface area contributed by atoms with Crippen LogP contribution in [0.1, 0.15) is 18.1 Å². The fourth-order valence-corrected chi connectivity index (χ4v) is 3.65. The van der Waals surface area contributed by atoms with Crippen molar-refractivity contribution in [2.75, 3.05) is 21.2 Å². The summed E-state index contributed by atoms with van der Waals surface area (Å²) in [4.78, 5) is 40.1. The molecule has 0 aromatic heterocycles. The number of nitro groups is 1. The van der Waals surface area contributed by atoms with Crippen molar-refractivity contribution in [3.8, 4) is 5.75 Å². The molecule has 0 bridgehead atoms. The minimum absolute atomic E-state index is 0.0423. The fraction of sp³-hybridized carbons (Fsp3) is 0.273. The predicted molar refractivity (Wildman–Crippen MR) is 112 cm³/mol. The molecule has 8 nitrogen and oxygen atoms in total. The van der Waals surface area contributed by atoms with Crippen LogP contribution in [0.25, 0.3) is 6.08 Å². The zero-order valence-electron chi connectivity index (χ0n) is 17.3. The lowest BCUT2D eigenvalue weighted by molar-refractivity contribution is -0.385. The lowest BCUT2D eigenvalue weighted by Crippen LogP contribution is -2.64. The molecule has 1 unspecified atom stereocenters.